The van der Waals surface area contributed by atoms with Gasteiger partial charge in [0, 0.05) is 13.2 Å². The molecule has 2 N–H and O–H groups in total. The molecule has 6 nitrogen and oxygen atoms in total. The molecule has 2 amide bonds. The summed E-state index contributed by atoms with van der Waals surface area (Å²) in [4.78, 5) is 12.1. The van der Waals surface area contributed by atoms with Crippen molar-refractivity contribution in [3.8, 4) is 0 Å². The van der Waals surface area contributed by atoms with Crippen molar-refractivity contribution in [1.29, 1.82) is 0 Å². The molecular weight excluding hydrogens is 270 g/mol. The van der Waals surface area contributed by atoms with Crippen molar-refractivity contribution >= 4 is 11.9 Å². The van der Waals surface area contributed by atoms with Gasteiger partial charge < -0.3 is 14.6 Å². The summed E-state index contributed by atoms with van der Waals surface area (Å²) in [6.07, 6.45) is 0. The van der Waals surface area contributed by atoms with Crippen molar-refractivity contribution in [2.24, 2.45) is 0 Å². The summed E-state index contributed by atoms with van der Waals surface area (Å²) in [5.41, 5.74) is 1.01. The summed E-state index contributed by atoms with van der Waals surface area (Å²) in [6, 6.07) is 10.9. The molecule has 0 fully saturated rings. The van der Waals surface area contributed by atoms with E-state index >= 15 is 0 Å². The highest BCUT2D eigenvalue weighted by Crippen LogP contribution is 2.21. The minimum Gasteiger partial charge on any atom is -0.382 e. The minimum absolute atomic E-state index is 0.304. The third kappa shape index (κ3) is 3.82. The van der Waals surface area contributed by atoms with Crippen LogP contribution in [0.2, 0.25) is 0 Å². The quantitative estimate of drug-likeness (QED) is 0.887. The molecule has 112 valence electrons. The average Bonchev–Trinajstić information content (AvgIpc) is 2.85. The van der Waals surface area contributed by atoms with Crippen LogP contribution in [0, 0.1) is 6.92 Å². The second-order valence-electron chi connectivity index (χ2n) is 5.04. The molecule has 1 heterocycles. The number of nitrogens with one attached hydrogen (secondary N) is 2. The zero-order valence-corrected chi connectivity index (χ0v) is 12.3. The Bertz CT molecular complexity index is 597. The van der Waals surface area contributed by atoms with E-state index in [-0.39, 0.29) is 6.03 Å². The van der Waals surface area contributed by atoms with E-state index in [2.05, 4.69) is 15.8 Å². The van der Waals surface area contributed by atoms with Crippen molar-refractivity contribution < 1.29 is 14.1 Å². The van der Waals surface area contributed by atoms with Crippen LogP contribution in [0.3, 0.4) is 0 Å². The van der Waals surface area contributed by atoms with Crippen LogP contribution in [0.1, 0.15) is 18.2 Å². The number of rotatable bonds is 5. The van der Waals surface area contributed by atoms with Crippen molar-refractivity contribution in [2.45, 2.75) is 19.4 Å². The zero-order valence-electron chi connectivity index (χ0n) is 12.3. The summed E-state index contributed by atoms with van der Waals surface area (Å²) < 4.78 is 10.2. The predicted octanol–water partition coefficient (Wildman–Crippen LogP) is 2.67. The van der Waals surface area contributed by atoms with E-state index in [9.17, 15) is 4.79 Å². The number of urea groups is 1. The third-order valence-corrected chi connectivity index (χ3v) is 3.10. The number of methoxy groups -OCH3 is 1. The van der Waals surface area contributed by atoms with E-state index in [1.54, 1.807) is 20.1 Å². The molecule has 1 aromatic carbocycles. The number of benzene rings is 1. The number of carbonyl (C=O) groups is 1. The van der Waals surface area contributed by atoms with E-state index in [0.717, 1.165) is 5.56 Å². The molecular formula is C15H19N3O3. The Labute approximate surface area is 123 Å². The van der Waals surface area contributed by atoms with Crippen LogP contribution < -0.4 is 10.6 Å². The first kappa shape index (κ1) is 15.1. The van der Waals surface area contributed by atoms with Gasteiger partial charge in [-0.25, -0.2) is 4.79 Å². The Balaban J connectivity index is 2.10. The van der Waals surface area contributed by atoms with Crippen LogP contribution in [0.4, 0.5) is 10.7 Å². The fourth-order valence-corrected chi connectivity index (χ4v) is 2.10. The third-order valence-electron chi connectivity index (χ3n) is 3.10. The highest BCUT2D eigenvalue weighted by molar-refractivity contribution is 5.88. The Kier molecular flexibility index (Phi) is 4.59. The monoisotopic (exact) mass is 289 g/mol. The van der Waals surface area contributed by atoms with Gasteiger partial charge in [-0.2, -0.15) is 0 Å². The van der Waals surface area contributed by atoms with Crippen molar-refractivity contribution in [1.82, 2.24) is 10.5 Å². The van der Waals surface area contributed by atoms with Gasteiger partial charge in [0.25, 0.3) is 0 Å². The van der Waals surface area contributed by atoms with Crippen LogP contribution in [0.5, 0.6) is 0 Å². The maximum absolute atomic E-state index is 12.1. The van der Waals surface area contributed by atoms with E-state index in [0.29, 0.717) is 18.2 Å². The first-order valence-electron chi connectivity index (χ1n) is 6.60. The van der Waals surface area contributed by atoms with Crippen LogP contribution >= 0.6 is 0 Å². The fourth-order valence-electron chi connectivity index (χ4n) is 2.10. The molecule has 2 rings (SSSR count). The standard InChI is InChI=1S/C15H19N3O3/c1-11-9-13(21-18-11)16-14(19)17-15(2,10-20-3)12-7-5-4-6-8-12/h4-9H,10H2,1-3H3,(H2,16,17,19). The van der Waals surface area contributed by atoms with Gasteiger partial charge in [-0.15, -0.1) is 0 Å². The smallest absolute Gasteiger partial charge is 0.322 e. The van der Waals surface area contributed by atoms with Gasteiger partial charge in [-0.3, -0.25) is 5.32 Å². The lowest BCUT2D eigenvalue weighted by molar-refractivity contribution is 0.123. The number of nitrogens with zero attached hydrogens (tertiary/aromatic N) is 1. The summed E-state index contributed by atoms with van der Waals surface area (Å²) >= 11 is 0. The molecule has 1 atom stereocenters. The number of hydrogen-bond donors (Lipinski definition) is 2. The molecule has 2 aromatic rings. The normalized spacial score (nSPS) is 13.5. The Hall–Kier alpha value is -2.34. The van der Waals surface area contributed by atoms with Crippen molar-refractivity contribution in [3.63, 3.8) is 0 Å². The molecule has 1 aromatic heterocycles. The molecule has 0 aliphatic rings. The molecule has 0 saturated heterocycles. The number of carbonyl (C=O) groups excluding carboxylic acids is 1. The summed E-state index contributed by atoms with van der Waals surface area (Å²) in [7, 11) is 1.60. The average molecular weight is 289 g/mol. The fraction of sp³-hybridized carbons (Fsp3) is 0.333. The van der Waals surface area contributed by atoms with Crippen molar-refractivity contribution in [2.75, 3.05) is 19.0 Å². The molecule has 0 saturated carbocycles. The first-order valence-corrected chi connectivity index (χ1v) is 6.60. The topological polar surface area (TPSA) is 76.4 Å². The Morgan fingerprint density at radius 1 is 1.38 bits per heavy atom. The molecule has 0 aliphatic heterocycles. The maximum Gasteiger partial charge on any atom is 0.322 e. The summed E-state index contributed by atoms with van der Waals surface area (Å²) in [5, 5.41) is 9.24. The molecule has 0 aliphatic carbocycles. The number of anilines is 1. The number of aromatic nitrogens is 1. The minimum atomic E-state index is -0.644. The number of amides is 2. The van der Waals surface area contributed by atoms with Gasteiger partial charge in [0.1, 0.15) is 0 Å². The molecule has 0 bridgehead atoms. The van der Waals surface area contributed by atoms with Gasteiger partial charge in [-0.05, 0) is 19.4 Å². The number of hydrogen-bond acceptors (Lipinski definition) is 4. The zero-order chi connectivity index (χ0) is 15.3. The van der Waals surface area contributed by atoms with Crippen LogP contribution in [0.25, 0.3) is 0 Å². The molecule has 0 spiro atoms. The largest absolute Gasteiger partial charge is 0.382 e. The van der Waals surface area contributed by atoms with E-state index in [4.69, 9.17) is 9.26 Å². The van der Waals surface area contributed by atoms with Crippen LogP contribution in [-0.4, -0.2) is 24.9 Å². The molecule has 0 radical (unpaired) electrons. The second-order valence-corrected chi connectivity index (χ2v) is 5.04. The van der Waals surface area contributed by atoms with Gasteiger partial charge in [0.15, 0.2) is 0 Å². The predicted molar refractivity (Wildman–Crippen MR) is 79.1 cm³/mol. The lowest BCUT2D eigenvalue weighted by Gasteiger charge is -2.30. The Morgan fingerprint density at radius 2 is 2.10 bits per heavy atom. The van der Waals surface area contributed by atoms with Gasteiger partial charge in [0.05, 0.1) is 17.8 Å². The maximum atomic E-state index is 12.1. The van der Waals surface area contributed by atoms with Gasteiger partial charge in [0.2, 0.25) is 5.88 Å². The first-order chi connectivity index (χ1) is 10.0. The number of ether oxygens (including phenoxy) is 1. The highest BCUT2D eigenvalue weighted by atomic mass is 16.5. The van der Waals surface area contributed by atoms with Gasteiger partial charge in [-0.1, -0.05) is 35.5 Å². The van der Waals surface area contributed by atoms with Gasteiger partial charge >= 0.3 is 6.03 Å². The highest BCUT2D eigenvalue weighted by Gasteiger charge is 2.28. The Morgan fingerprint density at radius 3 is 2.67 bits per heavy atom. The summed E-state index contributed by atoms with van der Waals surface area (Å²) in [6.45, 7) is 4.03. The lowest BCUT2D eigenvalue weighted by atomic mass is 9.93. The molecule has 1 unspecified atom stereocenters. The molecule has 21 heavy (non-hydrogen) atoms. The van der Waals surface area contributed by atoms with Crippen molar-refractivity contribution in [3.05, 3.63) is 47.7 Å². The van der Waals surface area contributed by atoms with E-state index < -0.39 is 5.54 Å². The lowest BCUT2D eigenvalue weighted by Crippen LogP contribution is -2.48. The van der Waals surface area contributed by atoms with E-state index in [1.807, 2.05) is 37.3 Å². The SMILES string of the molecule is COCC(C)(NC(=O)Nc1cc(C)no1)c1ccccc1. The van der Waals surface area contributed by atoms with Crippen LogP contribution in [0.15, 0.2) is 40.9 Å². The number of aryl methyl sites for hydroxylation is 1. The van der Waals surface area contributed by atoms with Crippen LogP contribution in [-0.2, 0) is 10.3 Å². The second kappa shape index (κ2) is 6.41. The van der Waals surface area contributed by atoms with E-state index in [1.165, 1.54) is 0 Å². The molecule has 6 heteroatoms. The summed E-state index contributed by atoms with van der Waals surface area (Å²) in [5.74, 6) is 0.304.